The molecule has 0 aliphatic heterocycles. The van der Waals surface area contributed by atoms with Crippen LogP contribution in [0.15, 0.2) is 11.2 Å². The number of amides is 1. The molecule has 9 nitrogen and oxygen atoms in total. The van der Waals surface area contributed by atoms with Gasteiger partial charge in [-0.2, -0.15) is 5.10 Å². The van der Waals surface area contributed by atoms with Crippen molar-refractivity contribution < 1.29 is 19.6 Å². The Morgan fingerprint density at radius 3 is 2.79 bits per heavy atom. The van der Waals surface area contributed by atoms with E-state index in [4.69, 9.17) is 5.11 Å². The molecule has 0 saturated carbocycles. The zero-order valence-corrected chi connectivity index (χ0v) is 11.0. The molecule has 1 rings (SSSR count). The Labute approximate surface area is 112 Å². The summed E-state index contributed by atoms with van der Waals surface area (Å²) in [5.74, 6) is -1.74. The molecule has 0 saturated heterocycles. The number of nitrogens with zero attached hydrogens (tertiary/aromatic N) is 3. The third-order valence-electron chi connectivity index (χ3n) is 2.04. The molecule has 2 N–H and O–H groups in total. The van der Waals surface area contributed by atoms with Crippen LogP contribution in [0.25, 0.3) is 0 Å². The minimum atomic E-state index is -1.21. The van der Waals surface area contributed by atoms with E-state index in [0.29, 0.717) is 0 Å². The van der Waals surface area contributed by atoms with Gasteiger partial charge in [-0.25, -0.2) is 4.79 Å². The number of nitro groups is 1. The normalized spacial score (nSPS) is 11.9. The number of hydrogen-bond donors (Lipinski definition) is 2. The Bertz CT molecular complexity index is 515. The van der Waals surface area contributed by atoms with Gasteiger partial charge in [0.05, 0.1) is 4.92 Å². The van der Waals surface area contributed by atoms with Crippen LogP contribution in [-0.4, -0.2) is 43.5 Å². The van der Waals surface area contributed by atoms with Gasteiger partial charge >= 0.3 is 11.7 Å². The Kier molecular flexibility index (Phi) is 4.87. The first-order chi connectivity index (χ1) is 8.81. The van der Waals surface area contributed by atoms with E-state index in [9.17, 15) is 19.7 Å². The summed E-state index contributed by atoms with van der Waals surface area (Å²) in [6.45, 7) is 1.20. The van der Waals surface area contributed by atoms with Crippen LogP contribution in [0.2, 0.25) is 0 Å². The molecule has 0 aromatic carbocycles. The van der Waals surface area contributed by atoms with Gasteiger partial charge in [0.1, 0.15) is 12.2 Å². The quantitative estimate of drug-likeness (QED) is 0.428. The molecule has 0 aliphatic carbocycles. The second kappa shape index (κ2) is 6.18. The summed E-state index contributed by atoms with van der Waals surface area (Å²) in [5.41, 5.74) is -0.195. The van der Waals surface area contributed by atoms with Crippen LogP contribution in [-0.2, 0) is 16.6 Å². The number of nitrogens with one attached hydrogen (secondary N) is 1. The van der Waals surface area contributed by atoms with Crippen LogP contribution < -0.4 is 5.32 Å². The maximum absolute atomic E-state index is 10.9. The van der Waals surface area contributed by atoms with Gasteiger partial charge in [-0.1, -0.05) is 11.8 Å². The van der Waals surface area contributed by atoms with Crippen LogP contribution >= 0.6 is 11.8 Å². The molecule has 0 fully saturated rings. The molecule has 0 radical (unpaired) electrons. The first-order valence-corrected chi connectivity index (χ1v) is 6.10. The number of carboxylic acids is 1. The lowest BCUT2D eigenvalue weighted by atomic mass is 10.3. The third-order valence-corrected chi connectivity index (χ3v) is 3.10. The van der Waals surface area contributed by atoms with Crippen LogP contribution in [0.1, 0.15) is 6.92 Å². The van der Waals surface area contributed by atoms with E-state index in [0.717, 1.165) is 11.8 Å². The van der Waals surface area contributed by atoms with Gasteiger partial charge in [0.15, 0.2) is 5.03 Å². The molecule has 19 heavy (non-hydrogen) atoms. The molecule has 1 atom stereocenters. The molecular weight excluding hydrogens is 276 g/mol. The van der Waals surface area contributed by atoms with Crippen molar-refractivity contribution in [3.8, 4) is 0 Å². The molecule has 1 heterocycles. The highest BCUT2D eigenvalue weighted by molar-refractivity contribution is 7.99. The molecular formula is C9H12N4O5S. The van der Waals surface area contributed by atoms with E-state index in [1.165, 1.54) is 24.9 Å². The summed E-state index contributed by atoms with van der Waals surface area (Å²) in [7, 11) is 1.53. The second-order valence-electron chi connectivity index (χ2n) is 3.65. The zero-order valence-electron chi connectivity index (χ0n) is 10.2. The summed E-state index contributed by atoms with van der Waals surface area (Å²) < 4.78 is 1.27. The molecule has 1 aromatic heterocycles. The summed E-state index contributed by atoms with van der Waals surface area (Å²) in [5, 5.41) is 25.9. The molecule has 1 aromatic rings. The van der Waals surface area contributed by atoms with E-state index < -0.39 is 22.8 Å². The molecule has 1 amide bonds. The van der Waals surface area contributed by atoms with Crippen molar-refractivity contribution in [1.29, 1.82) is 0 Å². The topological polar surface area (TPSA) is 127 Å². The number of carbonyl (C=O) groups excluding carboxylic acids is 1. The number of carboxylic acid groups (broad SMARTS) is 1. The van der Waals surface area contributed by atoms with E-state index in [1.54, 1.807) is 0 Å². The highest BCUT2D eigenvalue weighted by atomic mass is 32.2. The number of rotatable bonds is 6. The maximum atomic E-state index is 10.9. The van der Waals surface area contributed by atoms with Gasteiger partial charge < -0.3 is 10.4 Å². The van der Waals surface area contributed by atoms with Crippen molar-refractivity contribution in [2.75, 3.05) is 5.75 Å². The standard InChI is InChI=1S/C9H12N4O5S/c1-5(14)10-6(9(15)16)4-19-8-7(13(17)18)3-12(2)11-8/h3,6H,4H2,1-2H3,(H,10,14)(H,15,16). The Morgan fingerprint density at radius 1 is 1.68 bits per heavy atom. The van der Waals surface area contributed by atoms with Crippen molar-refractivity contribution in [3.05, 3.63) is 16.3 Å². The van der Waals surface area contributed by atoms with Crippen LogP contribution in [0.3, 0.4) is 0 Å². The largest absolute Gasteiger partial charge is 0.480 e. The number of aliphatic carboxylic acids is 1. The summed E-state index contributed by atoms with van der Waals surface area (Å²) >= 11 is 0.905. The molecule has 1 unspecified atom stereocenters. The summed E-state index contributed by atoms with van der Waals surface area (Å²) in [4.78, 5) is 31.9. The van der Waals surface area contributed by atoms with Gasteiger partial charge in [-0.15, -0.1) is 0 Å². The van der Waals surface area contributed by atoms with Gasteiger partial charge in [-0.05, 0) is 0 Å². The average molecular weight is 288 g/mol. The summed E-state index contributed by atoms with van der Waals surface area (Å²) in [6.07, 6.45) is 1.23. The van der Waals surface area contributed by atoms with E-state index in [1.807, 2.05) is 0 Å². The van der Waals surface area contributed by atoms with Crippen molar-refractivity contribution in [3.63, 3.8) is 0 Å². The van der Waals surface area contributed by atoms with Crippen LogP contribution in [0.4, 0.5) is 5.69 Å². The number of aryl methyl sites for hydroxylation is 1. The predicted molar refractivity (Wildman–Crippen MR) is 65.8 cm³/mol. The molecule has 10 heteroatoms. The predicted octanol–water partition coefficient (Wildman–Crippen LogP) is 0.00970. The van der Waals surface area contributed by atoms with Crippen LogP contribution in [0, 0.1) is 10.1 Å². The lowest BCUT2D eigenvalue weighted by Gasteiger charge is -2.11. The fraction of sp³-hybridized carbons (Fsp3) is 0.444. The van der Waals surface area contributed by atoms with Crippen molar-refractivity contribution >= 4 is 29.3 Å². The van der Waals surface area contributed by atoms with Crippen LogP contribution in [0.5, 0.6) is 0 Å². The van der Waals surface area contributed by atoms with Gasteiger partial charge in [0, 0.05) is 19.7 Å². The highest BCUT2D eigenvalue weighted by Crippen LogP contribution is 2.27. The van der Waals surface area contributed by atoms with E-state index in [-0.39, 0.29) is 16.5 Å². The fourth-order valence-corrected chi connectivity index (χ4v) is 2.28. The fourth-order valence-electron chi connectivity index (χ4n) is 1.27. The van der Waals surface area contributed by atoms with Crippen molar-refractivity contribution in [2.45, 2.75) is 18.0 Å². The molecule has 0 spiro atoms. The molecule has 0 bridgehead atoms. The number of aromatic nitrogens is 2. The van der Waals surface area contributed by atoms with Gasteiger partial charge in [0.2, 0.25) is 5.91 Å². The Morgan fingerprint density at radius 2 is 2.32 bits per heavy atom. The average Bonchev–Trinajstić information content (AvgIpc) is 2.65. The lowest BCUT2D eigenvalue weighted by molar-refractivity contribution is -0.387. The first kappa shape index (κ1) is 15.0. The van der Waals surface area contributed by atoms with E-state index in [2.05, 4.69) is 10.4 Å². The minimum Gasteiger partial charge on any atom is -0.480 e. The Balaban J connectivity index is 2.76. The SMILES string of the molecule is CC(=O)NC(CSc1nn(C)cc1[N+](=O)[O-])C(=O)O. The van der Waals surface area contributed by atoms with Crippen molar-refractivity contribution in [2.24, 2.45) is 7.05 Å². The smallest absolute Gasteiger partial charge is 0.327 e. The number of carbonyl (C=O) groups is 2. The Hall–Kier alpha value is -2.10. The maximum Gasteiger partial charge on any atom is 0.327 e. The molecule has 104 valence electrons. The minimum absolute atomic E-state index is 0.0488. The third kappa shape index (κ3) is 4.25. The molecule has 0 aliphatic rings. The first-order valence-electron chi connectivity index (χ1n) is 5.12. The van der Waals surface area contributed by atoms with Crippen molar-refractivity contribution in [1.82, 2.24) is 15.1 Å². The monoisotopic (exact) mass is 288 g/mol. The summed E-state index contributed by atoms with van der Waals surface area (Å²) in [6, 6.07) is -1.12. The van der Waals surface area contributed by atoms with E-state index >= 15 is 0 Å². The second-order valence-corrected chi connectivity index (χ2v) is 4.66. The highest BCUT2D eigenvalue weighted by Gasteiger charge is 2.23. The lowest BCUT2D eigenvalue weighted by Crippen LogP contribution is -2.41. The van der Waals surface area contributed by atoms with Gasteiger partial charge in [0.25, 0.3) is 0 Å². The number of thioether (sulfide) groups is 1. The zero-order chi connectivity index (χ0) is 14.6. The number of hydrogen-bond acceptors (Lipinski definition) is 6. The van der Waals surface area contributed by atoms with Gasteiger partial charge in [-0.3, -0.25) is 19.6 Å².